The molecule has 1 aliphatic heterocycles. The number of carbonyl (C=O) groups is 2. The lowest BCUT2D eigenvalue weighted by Gasteiger charge is -2.35. The van der Waals surface area contributed by atoms with Crippen LogP contribution in [0.25, 0.3) is 0 Å². The van der Waals surface area contributed by atoms with Gasteiger partial charge in [-0.1, -0.05) is 0 Å². The van der Waals surface area contributed by atoms with E-state index in [1.165, 1.54) is 0 Å². The van der Waals surface area contributed by atoms with Crippen LogP contribution in [-0.4, -0.2) is 49.1 Å². The van der Waals surface area contributed by atoms with E-state index >= 15 is 0 Å². The molecule has 2 unspecified atom stereocenters. The maximum absolute atomic E-state index is 11.6. The standard InChI is InChI=1S/C9H16N2O3/c1-6-9(13)11(4-5-14-3)7(2)8(12)10-6/h6-7H,4-5H2,1-3H3,(H,10,12). The zero-order valence-electron chi connectivity index (χ0n) is 8.74. The zero-order chi connectivity index (χ0) is 10.7. The number of rotatable bonds is 3. The van der Waals surface area contributed by atoms with Crippen LogP contribution in [0.4, 0.5) is 0 Å². The zero-order valence-corrected chi connectivity index (χ0v) is 8.74. The lowest BCUT2D eigenvalue weighted by molar-refractivity contribution is -0.148. The molecule has 0 aromatic heterocycles. The lowest BCUT2D eigenvalue weighted by Crippen LogP contribution is -2.61. The number of piperazine rings is 1. The molecule has 14 heavy (non-hydrogen) atoms. The van der Waals surface area contributed by atoms with E-state index in [4.69, 9.17) is 4.74 Å². The Morgan fingerprint density at radius 2 is 2.07 bits per heavy atom. The SMILES string of the molecule is COCCN1C(=O)C(C)NC(=O)C1C. The number of hydrogen-bond donors (Lipinski definition) is 1. The van der Waals surface area contributed by atoms with E-state index in [2.05, 4.69) is 5.32 Å². The average molecular weight is 200 g/mol. The molecule has 0 radical (unpaired) electrons. The lowest BCUT2D eigenvalue weighted by atomic mass is 10.1. The molecule has 80 valence electrons. The first kappa shape index (κ1) is 11.0. The Hall–Kier alpha value is -1.10. The summed E-state index contributed by atoms with van der Waals surface area (Å²) >= 11 is 0. The topological polar surface area (TPSA) is 58.6 Å². The van der Waals surface area contributed by atoms with Gasteiger partial charge in [0.2, 0.25) is 11.8 Å². The maximum atomic E-state index is 11.6. The van der Waals surface area contributed by atoms with Gasteiger partial charge in [-0.25, -0.2) is 0 Å². The molecule has 0 aromatic carbocycles. The van der Waals surface area contributed by atoms with Crippen LogP contribution in [0.3, 0.4) is 0 Å². The minimum absolute atomic E-state index is 0.0471. The normalized spacial score (nSPS) is 27.8. The predicted molar refractivity (Wildman–Crippen MR) is 50.7 cm³/mol. The van der Waals surface area contributed by atoms with Gasteiger partial charge in [-0.15, -0.1) is 0 Å². The molecule has 1 rings (SSSR count). The van der Waals surface area contributed by atoms with Gasteiger partial charge >= 0.3 is 0 Å². The molecule has 2 amide bonds. The third-order valence-electron chi connectivity index (χ3n) is 2.40. The summed E-state index contributed by atoms with van der Waals surface area (Å²) in [7, 11) is 1.57. The molecule has 1 heterocycles. The second-order valence-corrected chi connectivity index (χ2v) is 3.43. The fourth-order valence-corrected chi connectivity index (χ4v) is 1.47. The minimum Gasteiger partial charge on any atom is -0.383 e. The number of hydrogen-bond acceptors (Lipinski definition) is 3. The molecule has 5 nitrogen and oxygen atoms in total. The van der Waals surface area contributed by atoms with Gasteiger partial charge in [0, 0.05) is 13.7 Å². The van der Waals surface area contributed by atoms with Gasteiger partial charge in [0.25, 0.3) is 0 Å². The van der Waals surface area contributed by atoms with Crippen molar-refractivity contribution in [3.8, 4) is 0 Å². The van der Waals surface area contributed by atoms with Crippen LogP contribution in [0.2, 0.25) is 0 Å². The van der Waals surface area contributed by atoms with Crippen LogP contribution in [-0.2, 0) is 14.3 Å². The number of carbonyl (C=O) groups excluding carboxylic acids is 2. The van der Waals surface area contributed by atoms with Gasteiger partial charge in [-0.2, -0.15) is 0 Å². The van der Waals surface area contributed by atoms with Crippen molar-refractivity contribution in [2.75, 3.05) is 20.3 Å². The molecule has 5 heteroatoms. The summed E-state index contributed by atoms with van der Waals surface area (Å²) in [5.74, 6) is -0.151. The molecule has 0 saturated carbocycles. The Kier molecular flexibility index (Phi) is 3.46. The third-order valence-corrected chi connectivity index (χ3v) is 2.40. The molecule has 1 N–H and O–H groups in total. The van der Waals surface area contributed by atoms with Crippen LogP contribution >= 0.6 is 0 Å². The smallest absolute Gasteiger partial charge is 0.245 e. The van der Waals surface area contributed by atoms with Crippen LogP contribution < -0.4 is 5.32 Å². The Bertz CT molecular complexity index is 242. The highest BCUT2D eigenvalue weighted by molar-refractivity contribution is 5.96. The van der Waals surface area contributed by atoms with Crippen molar-refractivity contribution in [1.82, 2.24) is 10.2 Å². The molecule has 0 bridgehead atoms. The molecular formula is C9H16N2O3. The second kappa shape index (κ2) is 4.41. The van der Waals surface area contributed by atoms with Crippen LogP contribution in [0.1, 0.15) is 13.8 Å². The third kappa shape index (κ3) is 2.04. The van der Waals surface area contributed by atoms with Crippen molar-refractivity contribution in [3.05, 3.63) is 0 Å². The Labute approximate surface area is 83.4 Å². The highest BCUT2D eigenvalue weighted by Crippen LogP contribution is 2.08. The van der Waals surface area contributed by atoms with Crippen molar-refractivity contribution < 1.29 is 14.3 Å². The van der Waals surface area contributed by atoms with E-state index in [1.807, 2.05) is 0 Å². The largest absolute Gasteiger partial charge is 0.383 e. The average Bonchev–Trinajstić information content (AvgIpc) is 2.15. The van der Waals surface area contributed by atoms with Gasteiger partial charge in [0.05, 0.1) is 6.61 Å². The van der Waals surface area contributed by atoms with Crippen molar-refractivity contribution in [2.24, 2.45) is 0 Å². The van der Waals surface area contributed by atoms with Gasteiger partial charge in [-0.3, -0.25) is 9.59 Å². The molecule has 0 aromatic rings. The molecule has 1 saturated heterocycles. The summed E-state index contributed by atoms with van der Waals surface area (Å²) in [4.78, 5) is 24.6. The minimum atomic E-state index is -0.421. The van der Waals surface area contributed by atoms with E-state index in [0.29, 0.717) is 13.2 Å². The molecule has 1 fully saturated rings. The molecule has 1 aliphatic rings. The van der Waals surface area contributed by atoms with Gasteiger partial charge in [-0.05, 0) is 13.8 Å². The summed E-state index contributed by atoms with van der Waals surface area (Å²) in [6, 6.07) is -0.815. The fourth-order valence-electron chi connectivity index (χ4n) is 1.47. The van der Waals surface area contributed by atoms with E-state index in [1.54, 1.807) is 25.9 Å². The second-order valence-electron chi connectivity index (χ2n) is 3.43. The molecular weight excluding hydrogens is 184 g/mol. The van der Waals surface area contributed by atoms with E-state index in [9.17, 15) is 9.59 Å². The molecule has 0 spiro atoms. The van der Waals surface area contributed by atoms with Crippen LogP contribution in [0.15, 0.2) is 0 Å². The number of ether oxygens (including phenoxy) is 1. The van der Waals surface area contributed by atoms with Crippen molar-refractivity contribution in [2.45, 2.75) is 25.9 Å². The Balaban J connectivity index is 2.67. The van der Waals surface area contributed by atoms with Gasteiger partial charge in [0.15, 0.2) is 0 Å². The number of nitrogens with one attached hydrogen (secondary N) is 1. The fraction of sp³-hybridized carbons (Fsp3) is 0.778. The highest BCUT2D eigenvalue weighted by Gasteiger charge is 2.35. The molecule has 2 atom stereocenters. The maximum Gasteiger partial charge on any atom is 0.245 e. The van der Waals surface area contributed by atoms with E-state index in [0.717, 1.165) is 0 Å². The van der Waals surface area contributed by atoms with Crippen molar-refractivity contribution in [1.29, 1.82) is 0 Å². The van der Waals surface area contributed by atoms with Crippen LogP contribution in [0.5, 0.6) is 0 Å². The van der Waals surface area contributed by atoms with Gasteiger partial charge in [0.1, 0.15) is 12.1 Å². The van der Waals surface area contributed by atoms with Crippen molar-refractivity contribution >= 4 is 11.8 Å². The quantitative estimate of drug-likeness (QED) is 0.659. The van der Waals surface area contributed by atoms with E-state index < -0.39 is 12.1 Å². The summed E-state index contributed by atoms with van der Waals surface area (Å²) in [6.07, 6.45) is 0. The number of methoxy groups -OCH3 is 1. The van der Waals surface area contributed by atoms with Crippen LogP contribution in [0, 0.1) is 0 Å². The summed E-state index contributed by atoms with van der Waals surface area (Å²) < 4.78 is 4.89. The summed E-state index contributed by atoms with van der Waals surface area (Å²) in [6.45, 7) is 4.32. The Morgan fingerprint density at radius 3 is 2.64 bits per heavy atom. The van der Waals surface area contributed by atoms with E-state index in [-0.39, 0.29) is 11.8 Å². The van der Waals surface area contributed by atoms with Crippen molar-refractivity contribution in [3.63, 3.8) is 0 Å². The first-order chi connectivity index (χ1) is 6.57. The highest BCUT2D eigenvalue weighted by atomic mass is 16.5. The number of nitrogens with zero attached hydrogens (tertiary/aromatic N) is 1. The summed E-state index contributed by atoms with van der Waals surface area (Å²) in [5, 5.41) is 2.61. The first-order valence-electron chi connectivity index (χ1n) is 4.67. The first-order valence-corrected chi connectivity index (χ1v) is 4.67. The monoisotopic (exact) mass is 200 g/mol. The Morgan fingerprint density at radius 1 is 1.43 bits per heavy atom. The van der Waals surface area contributed by atoms with Gasteiger partial charge < -0.3 is 15.0 Å². The summed E-state index contributed by atoms with van der Waals surface area (Å²) in [5.41, 5.74) is 0. The number of amides is 2. The predicted octanol–water partition coefficient (Wildman–Crippen LogP) is -0.632. The molecule has 0 aliphatic carbocycles.